The van der Waals surface area contributed by atoms with Gasteiger partial charge in [-0.15, -0.1) is 0 Å². The molecule has 0 heterocycles. The van der Waals surface area contributed by atoms with Crippen LogP contribution in [0.3, 0.4) is 0 Å². The van der Waals surface area contributed by atoms with E-state index in [0.717, 1.165) is 19.6 Å². The zero-order chi connectivity index (χ0) is 16.4. The molecular formula is C14H30Na2O6S. The zero-order valence-corrected chi connectivity index (χ0v) is 19.9. The Balaban J connectivity index is -0.000000225. The van der Waals surface area contributed by atoms with Gasteiger partial charge in [-0.25, -0.2) is 0 Å². The van der Waals surface area contributed by atoms with E-state index in [1.807, 2.05) is 0 Å². The summed E-state index contributed by atoms with van der Waals surface area (Å²) in [5.74, 6) is 0. The van der Waals surface area contributed by atoms with Crippen LogP contribution in [-0.2, 0) is 15.1 Å². The van der Waals surface area contributed by atoms with E-state index in [-0.39, 0.29) is 59.1 Å². The molecule has 0 atom stereocenters. The molecule has 0 aromatic rings. The summed E-state index contributed by atoms with van der Waals surface area (Å²) in [6, 6.07) is 0. The molecule has 0 fully saturated rings. The summed E-state index contributed by atoms with van der Waals surface area (Å²) in [6.45, 7) is 4.21. The van der Waals surface area contributed by atoms with Gasteiger partial charge in [-0.1, -0.05) is 51.4 Å². The van der Waals surface area contributed by atoms with Gasteiger partial charge in [-0.2, -0.15) is 0 Å². The Morgan fingerprint density at radius 3 is 1.39 bits per heavy atom. The van der Waals surface area contributed by atoms with Crippen molar-refractivity contribution < 1.29 is 86.5 Å². The molecule has 0 amide bonds. The Hall–Kier alpha value is 1.79. The van der Waals surface area contributed by atoms with Crippen molar-refractivity contribution in [3.63, 3.8) is 0 Å². The van der Waals surface area contributed by atoms with Crippen molar-refractivity contribution in [1.82, 2.24) is 0 Å². The van der Waals surface area contributed by atoms with E-state index < -0.39 is 10.4 Å². The predicted molar refractivity (Wildman–Crippen MR) is 80.2 cm³/mol. The average Bonchev–Trinajstić information content (AvgIpc) is 2.38. The number of rotatable bonds is 13. The van der Waals surface area contributed by atoms with E-state index in [0.29, 0.717) is 6.61 Å². The maximum atomic E-state index is 8.62. The van der Waals surface area contributed by atoms with E-state index in [1.54, 1.807) is 0 Å². The molecule has 1 N–H and O–H groups in total. The number of hydrogen-bond acceptors (Lipinski definition) is 6. The molecule has 0 saturated carbocycles. The first-order valence-electron chi connectivity index (χ1n) is 7.77. The summed E-state index contributed by atoms with van der Waals surface area (Å²) >= 11 is 0. The molecule has 130 valence electrons. The minimum atomic E-state index is -5.17. The van der Waals surface area contributed by atoms with Crippen LogP contribution in [0.4, 0.5) is 0 Å². The molecule has 9 heteroatoms. The molecule has 0 spiro atoms. The maximum absolute atomic E-state index is 8.62. The maximum Gasteiger partial charge on any atom is 1.00 e. The largest absolute Gasteiger partial charge is 1.00 e. The quantitative estimate of drug-likeness (QED) is 0.156. The van der Waals surface area contributed by atoms with Crippen molar-refractivity contribution in [3.05, 3.63) is 0 Å². The second kappa shape index (κ2) is 26.0. The van der Waals surface area contributed by atoms with E-state index in [4.69, 9.17) is 27.4 Å². The Morgan fingerprint density at radius 1 is 0.783 bits per heavy atom. The third-order valence-corrected chi connectivity index (χ3v) is 2.90. The minimum Gasteiger partial charge on any atom is -0.759 e. The topological polar surface area (TPSA) is 110 Å². The Bertz CT molecular complexity index is 267. The molecule has 0 aliphatic carbocycles. The molecule has 0 aliphatic rings. The van der Waals surface area contributed by atoms with Crippen molar-refractivity contribution in [2.75, 3.05) is 19.8 Å². The molecule has 0 aromatic heterocycles. The number of ether oxygens (including phenoxy) is 1. The minimum absolute atomic E-state index is 0. The third kappa shape index (κ3) is 51.6. The molecule has 0 unspecified atom stereocenters. The van der Waals surface area contributed by atoms with Gasteiger partial charge in [0.2, 0.25) is 0 Å². The van der Waals surface area contributed by atoms with Gasteiger partial charge in [0.1, 0.15) is 0 Å². The zero-order valence-electron chi connectivity index (χ0n) is 15.1. The standard InChI is InChI=1S/C14H30O2.2Na.H2O4S/c1-2-16-14-12-10-8-6-4-3-5-7-9-11-13-15;;;1-5(2,3)4/h15H,2-14H2,1H3;;;(H2,1,2,3,4)/q;2*+1;/p-2. The summed E-state index contributed by atoms with van der Waals surface area (Å²) in [5.41, 5.74) is 0. The van der Waals surface area contributed by atoms with Crippen LogP contribution in [-0.4, -0.2) is 42.5 Å². The predicted octanol–water partition coefficient (Wildman–Crippen LogP) is -3.41. The van der Waals surface area contributed by atoms with E-state index in [1.165, 1.54) is 57.8 Å². The molecule has 0 radical (unpaired) electrons. The molecule has 0 aromatic carbocycles. The van der Waals surface area contributed by atoms with E-state index in [2.05, 4.69) is 6.92 Å². The smallest absolute Gasteiger partial charge is 0.759 e. The van der Waals surface area contributed by atoms with Crippen LogP contribution in [0.2, 0.25) is 0 Å². The molecule has 0 saturated heterocycles. The van der Waals surface area contributed by atoms with Gasteiger partial charge in [0.25, 0.3) is 0 Å². The van der Waals surface area contributed by atoms with Crippen molar-refractivity contribution >= 4 is 10.4 Å². The van der Waals surface area contributed by atoms with Crippen LogP contribution in [0.25, 0.3) is 0 Å². The summed E-state index contributed by atoms with van der Waals surface area (Å²) in [4.78, 5) is 0. The number of unbranched alkanes of at least 4 members (excludes halogenated alkanes) is 9. The van der Waals surface area contributed by atoms with Gasteiger partial charge in [-0.05, 0) is 19.8 Å². The summed E-state index contributed by atoms with van der Waals surface area (Å²) in [5, 5.41) is 8.62. The third-order valence-electron chi connectivity index (χ3n) is 2.90. The van der Waals surface area contributed by atoms with Crippen molar-refractivity contribution in [2.24, 2.45) is 0 Å². The van der Waals surface area contributed by atoms with Gasteiger partial charge in [0, 0.05) is 30.2 Å². The first-order chi connectivity index (χ1) is 9.91. The van der Waals surface area contributed by atoms with Crippen LogP contribution >= 0.6 is 0 Å². The Kier molecular flexibility index (Phi) is 36.7. The molecular weight excluding hydrogens is 342 g/mol. The molecule has 23 heavy (non-hydrogen) atoms. The van der Waals surface area contributed by atoms with E-state index in [9.17, 15) is 0 Å². The molecule has 0 rings (SSSR count). The van der Waals surface area contributed by atoms with Gasteiger partial charge >= 0.3 is 59.1 Å². The van der Waals surface area contributed by atoms with Crippen molar-refractivity contribution in [2.45, 2.75) is 71.1 Å². The van der Waals surface area contributed by atoms with Crippen LogP contribution in [0.5, 0.6) is 0 Å². The van der Waals surface area contributed by atoms with Crippen LogP contribution in [0.1, 0.15) is 71.1 Å². The fourth-order valence-electron chi connectivity index (χ4n) is 1.87. The van der Waals surface area contributed by atoms with Crippen molar-refractivity contribution in [1.29, 1.82) is 0 Å². The fourth-order valence-corrected chi connectivity index (χ4v) is 1.87. The molecule has 0 aliphatic heterocycles. The summed E-state index contributed by atoms with van der Waals surface area (Å²) < 4.78 is 39.4. The number of aliphatic hydroxyl groups is 1. The number of aliphatic hydroxyl groups excluding tert-OH is 1. The van der Waals surface area contributed by atoms with Gasteiger partial charge in [0.05, 0.1) is 0 Å². The molecule has 6 nitrogen and oxygen atoms in total. The normalized spacial score (nSPS) is 10.1. The van der Waals surface area contributed by atoms with Gasteiger partial charge in [0.15, 0.2) is 0 Å². The van der Waals surface area contributed by atoms with Gasteiger partial charge < -0.3 is 18.9 Å². The Labute approximate surface area is 186 Å². The SMILES string of the molecule is CCOCCCCCCCCCCCCO.O=S(=O)([O-])[O-].[Na+].[Na+]. The first-order valence-corrected chi connectivity index (χ1v) is 9.10. The van der Waals surface area contributed by atoms with Crippen LogP contribution in [0, 0.1) is 0 Å². The van der Waals surface area contributed by atoms with Gasteiger partial charge in [-0.3, -0.25) is 8.42 Å². The fraction of sp³-hybridized carbons (Fsp3) is 1.00. The van der Waals surface area contributed by atoms with Crippen LogP contribution in [0.15, 0.2) is 0 Å². The molecule has 0 bridgehead atoms. The second-order valence-electron chi connectivity index (χ2n) is 4.86. The summed E-state index contributed by atoms with van der Waals surface area (Å²) in [7, 11) is -5.17. The average molecular weight is 372 g/mol. The van der Waals surface area contributed by atoms with Crippen LogP contribution < -0.4 is 59.1 Å². The van der Waals surface area contributed by atoms with Crippen molar-refractivity contribution in [3.8, 4) is 0 Å². The van der Waals surface area contributed by atoms with E-state index >= 15 is 0 Å². The second-order valence-corrected chi connectivity index (χ2v) is 5.68. The first kappa shape index (κ1) is 32.5. The Morgan fingerprint density at radius 2 is 1.09 bits per heavy atom. The summed E-state index contributed by atoms with van der Waals surface area (Å²) in [6.07, 6.45) is 12.9. The number of hydrogen-bond donors (Lipinski definition) is 1. The monoisotopic (exact) mass is 372 g/mol.